The number of aryl methyl sites for hydroxylation is 1. The molecule has 0 aliphatic heterocycles. The molecular weight excluding hydrogens is 200 g/mol. The van der Waals surface area contributed by atoms with Gasteiger partial charge in [-0.15, -0.1) is 0 Å². The van der Waals surface area contributed by atoms with E-state index in [1.807, 2.05) is 0 Å². The first kappa shape index (κ1) is 9.73. The molecule has 2 aromatic rings. The van der Waals surface area contributed by atoms with Crippen LogP contribution in [0.2, 0.25) is 0 Å². The van der Waals surface area contributed by atoms with Crippen molar-refractivity contribution >= 4 is 10.9 Å². The second kappa shape index (κ2) is 3.25. The van der Waals surface area contributed by atoms with Crippen molar-refractivity contribution in [2.45, 2.75) is 25.8 Å². The van der Waals surface area contributed by atoms with Gasteiger partial charge in [-0.05, 0) is 36.6 Å². The zero-order valence-corrected chi connectivity index (χ0v) is 9.63. The van der Waals surface area contributed by atoms with E-state index in [9.17, 15) is 0 Å². The summed E-state index contributed by atoms with van der Waals surface area (Å²) >= 11 is 0. The number of ether oxygens (including phenoxy) is 1. The molecule has 0 fully saturated rings. The second-order valence-corrected chi connectivity index (χ2v) is 4.62. The maximum absolute atomic E-state index is 5.98. The molecule has 0 saturated heterocycles. The van der Waals surface area contributed by atoms with Gasteiger partial charge in [0.15, 0.2) is 0 Å². The van der Waals surface area contributed by atoms with Crippen LogP contribution in [-0.2, 0) is 12.8 Å². The zero-order valence-electron chi connectivity index (χ0n) is 9.63. The summed E-state index contributed by atoms with van der Waals surface area (Å²) in [4.78, 5) is 3.49. The number of aromatic amines is 1. The number of aromatic nitrogens is 1. The fourth-order valence-corrected chi connectivity index (χ4v) is 2.67. The Balaban J connectivity index is 2.28. The van der Waals surface area contributed by atoms with Gasteiger partial charge in [0.05, 0.1) is 7.11 Å². The van der Waals surface area contributed by atoms with Crippen molar-refractivity contribution in [3.8, 4) is 5.75 Å². The van der Waals surface area contributed by atoms with Crippen LogP contribution in [0.1, 0.15) is 16.8 Å². The van der Waals surface area contributed by atoms with Gasteiger partial charge in [0.2, 0.25) is 0 Å². The van der Waals surface area contributed by atoms with Crippen LogP contribution in [-0.4, -0.2) is 18.1 Å². The SMILES string of the molecule is COc1cc(C)c2[nH]c3c(c2c1)CC(N)C3. The Labute approximate surface area is 94.6 Å². The highest BCUT2D eigenvalue weighted by atomic mass is 16.5. The van der Waals surface area contributed by atoms with Crippen LogP contribution in [0.4, 0.5) is 0 Å². The van der Waals surface area contributed by atoms with Crippen molar-refractivity contribution < 1.29 is 4.74 Å². The number of nitrogens with one attached hydrogen (secondary N) is 1. The van der Waals surface area contributed by atoms with Crippen LogP contribution in [0.25, 0.3) is 10.9 Å². The molecule has 1 atom stereocenters. The summed E-state index contributed by atoms with van der Waals surface area (Å²) in [6.45, 7) is 2.11. The minimum atomic E-state index is 0.275. The van der Waals surface area contributed by atoms with Crippen LogP contribution in [0.5, 0.6) is 5.75 Å². The van der Waals surface area contributed by atoms with Crippen molar-refractivity contribution in [2.75, 3.05) is 7.11 Å². The molecular formula is C13H16N2O. The standard InChI is InChI=1S/C13H16N2O/c1-7-3-9(16-2)6-11-10-4-8(14)5-12(10)15-13(7)11/h3,6,8,15H,4-5,14H2,1-2H3. The van der Waals surface area contributed by atoms with Crippen molar-refractivity contribution in [2.24, 2.45) is 5.73 Å². The minimum Gasteiger partial charge on any atom is -0.497 e. The van der Waals surface area contributed by atoms with Crippen LogP contribution >= 0.6 is 0 Å². The number of benzene rings is 1. The van der Waals surface area contributed by atoms with E-state index in [4.69, 9.17) is 10.5 Å². The number of rotatable bonds is 1. The minimum absolute atomic E-state index is 0.275. The highest BCUT2D eigenvalue weighted by Gasteiger charge is 2.23. The number of hydrogen-bond acceptors (Lipinski definition) is 2. The largest absolute Gasteiger partial charge is 0.497 e. The molecule has 3 heteroatoms. The van der Waals surface area contributed by atoms with Crippen molar-refractivity contribution in [1.29, 1.82) is 0 Å². The number of methoxy groups -OCH3 is 1. The number of nitrogens with two attached hydrogens (primary N) is 1. The Morgan fingerprint density at radius 1 is 1.38 bits per heavy atom. The summed E-state index contributed by atoms with van der Waals surface area (Å²) < 4.78 is 5.31. The quantitative estimate of drug-likeness (QED) is 0.765. The Morgan fingerprint density at radius 2 is 2.19 bits per heavy atom. The monoisotopic (exact) mass is 216 g/mol. The fourth-order valence-electron chi connectivity index (χ4n) is 2.67. The molecule has 0 bridgehead atoms. The Hall–Kier alpha value is -1.48. The lowest BCUT2D eigenvalue weighted by Crippen LogP contribution is -2.19. The van der Waals surface area contributed by atoms with Gasteiger partial charge in [-0.25, -0.2) is 0 Å². The topological polar surface area (TPSA) is 51.0 Å². The highest BCUT2D eigenvalue weighted by Crippen LogP contribution is 2.33. The molecule has 0 amide bonds. The van der Waals surface area contributed by atoms with Crippen molar-refractivity contribution in [1.82, 2.24) is 4.98 Å². The normalized spacial score (nSPS) is 19.1. The molecule has 3 rings (SSSR count). The first-order valence-electron chi connectivity index (χ1n) is 5.62. The van der Waals surface area contributed by atoms with Gasteiger partial charge < -0.3 is 15.5 Å². The third-order valence-corrected chi connectivity index (χ3v) is 3.44. The van der Waals surface area contributed by atoms with E-state index in [0.29, 0.717) is 0 Å². The first-order chi connectivity index (χ1) is 7.69. The zero-order chi connectivity index (χ0) is 11.3. The van der Waals surface area contributed by atoms with Crippen LogP contribution in [0.15, 0.2) is 12.1 Å². The van der Waals surface area contributed by atoms with Gasteiger partial charge in [0.25, 0.3) is 0 Å². The summed E-state index contributed by atoms with van der Waals surface area (Å²) in [5.41, 5.74) is 11.1. The van der Waals surface area contributed by atoms with Gasteiger partial charge >= 0.3 is 0 Å². The predicted molar refractivity (Wildman–Crippen MR) is 65.0 cm³/mol. The maximum Gasteiger partial charge on any atom is 0.119 e. The van der Waals surface area contributed by atoms with Gasteiger partial charge in [-0.3, -0.25) is 0 Å². The predicted octanol–water partition coefficient (Wildman–Crippen LogP) is 1.91. The maximum atomic E-state index is 5.98. The molecule has 3 N–H and O–H groups in total. The van der Waals surface area contributed by atoms with E-state index in [-0.39, 0.29) is 6.04 Å². The molecule has 1 aromatic carbocycles. The molecule has 1 aliphatic rings. The molecule has 3 nitrogen and oxygen atoms in total. The third kappa shape index (κ3) is 1.25. The van der Waals surface area contributed by atoms with E-state index in [1.165, 1.54) is 27.7 Å². The van der Waals surface area contributed by atoms with E-state index < -0.39 is 0 Å². The molecule has 1 heterocycles. The van der Waals surface area contributed by atoms with Gasteiger partial charge in [-0.1, -0.05) is 0 Å². The number of fused-ring (bicyclic) bond motifs is 3. The van der Waals surface area contributed by atoms with E-state index in [1.54, 1.807) is 7.11 Å². The summed E-state index contributed by atoms with van der Waals surface area (Å²) in [6.07, 6.45) is 1.94. The first-order valence-corrected chi connectivity index (χ1v) is 5.62. The third-order valence-electron chi connectivity index (χ3n) is 3.44. The van der Waals surface area contributed by atoms with E-state index >= 15 is 0 Å². The van der Waals surface area contributed by atoms with Crippen LogP contribution in [0.3, 0.4) is 0 Å². The van der Waals surface area contributed by atoms with Gasteiger partial charge in [0, 0.05) is 29.1 Å². The lowest BCUT2D eigenvalue weighted by molar-refractivity contribution is 0.415. The molecule has 1 aromatic heterocycles. The Kier molecular flexibility index (Phi) is 1.98. The molecule has 1 unspecified atom stereocenters. The molecule has 1 aliphatic carbocycles. The second-order valence-electron chi connectivity index (χ2n) is 4.62. The van der Waals surface area contributed by atoms with Gasteiger partial charge in [0.1, 0.15) is 5.75 Å². The van der Waals surface area contributed by atoms with Gasteiger partial charge in [-0.2, -0.15) is 0 Å². The lowest BCUT2D eigenvalue weighted by Gasteiger charge is -2.05. The average molecular weight is 216 g/mol. The van der Waals surface area contributed by atoms with Crippen molar-refractivity contribution in [3.05, 3.63) is 29.0 Å². The fraction of sp³-hybridized carbons (Fsp3) is 0.385. The smallest absolute Gasteiger partial charge is 0.119 e. The Morgan fingerprint density at radius 3 is 2.94 bits per heavy atom. The van der Waals surface area contributed by atoms with E-state index in [2.05, 4.69) is 24.0 Å². The van der Waals surface area contributed by atoms with Crippen LogP contribution in [0, 0.1) is 6.92 Å². The summed E-state index contributed by atoms with van der Waals surface area (Å²) in [7, 11) is 1.71. The molecule has 0 spiro atoms. The lowest BCUT2D eigenvalue weighted by atomic mass is 10.1. The summed E-state index contributed by atoms with van der Waals surface area (Å²) in [5.74, 6) is 0.923. The highest BCUT2D eigenvalue weighted by molar-refractivity contribution is 5.89. The molecule has 0 saturated carbocycles. The summed E-state index contributed by atoms with van der Waals surface area (Å²) in [5, 5.41) is 1.28. The summed E-state index contributed by atoms with van der Waals surface area (Å²) in [6, 6.07) is 4.45. The van der Waals surface area contributed by atoms with Crippen molar-refractivity contribution in [3.63, 3.8) is 0 Å². The molecule has 84 valence electrons. The van der Waals surface area contributed by atoms with E-state index in [0.717, 1.165) is 18.6 Å². The number of hydrogen-bond donors (Lipinski definition) is 2. The Bertz CT molecular complexity index is 557. The number of H-pyrrole nitrogens is 1. The van der Waals surface area contributed by atoms with Crippen LogP contribution < -0.4 is 10.5 Å². The average Bonchev–Trinajstić information content (AvgIpc) is 2.75. The molecule has 0 radical (unpaired) electrons. The molecule has 16 heavy (non-hydrogen) atoms.